The van der Waals surface area contributed by atoms with Crippen LogP contribution in [0.5, 0.6) is 0 Å². The molecule has 0 spiro atoms. The van der Waals surface area contributed by atoms with Crippen LogP contribution in [-0.4, -0.2) is 44.2 Å². The van der Waals surface area contributed by atoms with Crippen LogP contribution in [0.25, 0.3) is 11.4 Å². The lowest BCUT2D eigenvalue weighted by atomic mass is 9.81. The molecule has 7 nitrogen and oxygen atoms in total. The number of morpholine rings is 1. The minimum absolute atomic E-state index is 0.0850. The zero-order valence-corrected chi connectivity index (χ0v) is 19.8. The van der Waals surface area contributed by atoms with E-state index in [-0.39, 0.29) is 10.9 Å². The average Bonchev–Trinajstić information content (AvgIpc) is 2.79. The number of hydrogen-bond donors (Lipinski definition) is 1. The molecule has 2 aromatic carbocycles. The minimum atomic E-state index is -3.82. The molecule has 1 aromatic heterocycles. The van der Waals surface area contributed by atoms with Crippen LogP contribution in [0.1, 0.15) is 31.9 Å². The summed E-state index contributed by atoms with van der Waals surface area (Å²) in [4.78, 5) is 11.8. The normalized spacial score (nSPS) is 20.1. The first kappa shape index (κ1) is 22.7. The second-order valence-electron chi connectivity index (χ2n) is 8.98. The molecule has 5 rings (SSSR count). The fraction of sp³-hybridized carbons (Fsp3) is 0.360. The van der Waals surface area contributed by atoms with Gasteiger partial charge in [0.1, 0.15) is 16.4 Å². The second kappa shape index (κ2) is 8.63. The van der Waals surface area contributed by atoms with Crippen LogP contribution in [0.2, 0.25) is 0 Å². The van der Waals surface area contributed by atoms with E-state index in [4.69, 9.17) is 20.4 Å². The first-order valence-electron chi connectivity index (χ1n) is 11.4. The van der Waals surface area contributed by atoms with Gasteiger partial charge < -0.3 is 15.4 Å². The summed E-state index contributed by atoms with van der Waals surface area (Å²) in [5, 5.41) is 0. The fourth-order valence-corrected chi connectivity index (χ4v) is 6.80. The molecule has 1 aliphatic carbocycles. The molecule has 1 saturated carbocycles. The molecular weight excluding hydrogens is 455 g/mol. The summed E-state index contributed by atoms with van der Waals surface area (Å²) < 4.78 is 45.6. The summed E-state index contributed by atoms with van der Waals surface area (Å²) >= 11 is 0. The van der Waals surface area contributed by atoms with E-state index < -0.39 is 20.4 Å². The average molecular weight is 483 g/mol. The van der Waals surface area contributed by atoms with Crippen molar-refractivity contribution in [3.63, 3.8) is 0 Å². The van der Waals surface area contributed by atoms with E-state index in [0.717, 1.165) is 12.0 Å². The van der Waals surface area contributed by atoms with Crippen molar-refractivity contribution in [2.45, 2.75) is 41.9 Å². The SMILES string of the molecule is C[C@H]1COCCN1c1cc(C2(S(=O)(=O)c3ccc(F)cc3)CCC2)nc(-c2ccc(N)cc2)n1. The van der Waals surface area contributed by atoms with E-state index in [1.54, 1.807) is 12.1 Å². The van der Waals surface area contributed by atoms with Gasteiger partial charge in [-0.25, -0.2) is 22.8 Å². The molecule has 0 bridgehead atoms. The third-order valence-corrected chi connectivity index (χ3v) is 9.35. The third-order valence-electron chi connectivity index (χ3n) is 6.81. The van der Waals surface area contributed by atoms with Gasteiger partial charge in [-0.15, -0.1) is 0 Å². The summed E-state index contributed by atoms with van der Waals surface area (Å²) in [6.45, 7) is 3.84. The van der Waals surface area contributed by atoms with Crippen molar-refractivity contribution >= 4 is 21.3 Å². The van der Waals surface area contributed by atoms with E-state index >= 15 is 0 Å². The van der Waals surface area contributed by atoms with E-state index in [1.807, 2.05) is 18.2 Å². The van der Waals surface area contributed by atoms with Gasteiger partial charge in [0.05, 0.1) is 29.8 Å². The summed E-state index contributed by atoms with van der Waals surface area (Å²) in [6, 6.07) is 14.1. The number of rotatable bonds is 5. The molecule has 2 aliphatic rings. The fourth-order valence-electron chi connectivity index (χ4n) is 4.64. The Morgan fingerprint density at radius 3 is 2.41 bits per heavy atom. The molecular formula is C25H27FN4O3S. The van der Waals surface area contributed by atoms with Gasteiger partial charge in [0.15, 0.2) is 15.7 Å². The topological polar surface area (TPSA) is 98.4 Å². The molecule has 2 fully saturated rings. The minimum Gasteiger partial charge on any atom is -0.399 e. The van der Waals surface area contributed by atoms with E-state index in [9.17, 15) is 12.8 Å². The lowest BCUT2D eigenvalue weighted by Crippen LogP contribution is -2.46. The van der Waals surface area contributed by atoms with Crippen molar-refractivity contribution in [1.29, 1.82) is 0 Å². The Morgan fingerprint density at radius 1 is 1.09 bits per heavy atom. The van der Waals surface area contributed by atoms with Crippen molar-refractivity contribution in [1.82, 2.24) is 9.97 Å². The number of anilines is 2. The van der Waals surface area contributed by atoms with Gasteiger partial charge in [-0.3, -0.25) is 0 Å². The Morgan fingerprint density at radius 2 is 1.79 bits per heavy atom. The summed E-state index contributed by atoms with van der Waals surface area (Å²) in [7, 11) is -3.82. The van der Waals surface area contributed by atoms with Crippen molar-refractivity contribution in [3.8, 4) is 11.4 Å². The molecule has 178 valence electrons. The molecule has 0 unspecified atom stereocenters. The Balaban J connectivity index is 1.67. The van der Waals surface area contributed by atoms with E-state index in [2.05, 4.69) is 11.8 Å². The Bertz CT molecular complexity index is 1290. The number of benzene rings is 2. The highest BCUT2D eigenvalue weighted by molar-refractivity contribution is 7.92. The van der Waals surface area contributed by atoms with Crippen LogP contribution in [0, 0.1) is 5.82 Å². The Kier molecular flexibility index (Phi) is 5.77. The van der Waals surface area contributed by atoms with Gasteiger partial charge in [0.25, 0.3) is 0 Å². The standard InChI is InChI=1S/C25H27FN4O3S/c1-17-16-33-14-13-30(17)23-15-22(28-24(29-23)18-3-7-20(27)8-4-18)25(11-2-12-25)34(31,32)21-9-5-19(26)6-10-21/h3-10,15,17H,2,11-14,16,27H2,1H3/t17-/m0/s1. The molecule has 1 saturated heterocycles. The highest BCUT2D eigenvalue weighted by atomic mass is 32.2. The second-order valence-corrected chi connectivity index (χ2v) is 11.2. The number of ether oxygens (including phenoxy) is 1. The van der Waals surface area contributed by atoms with Gasteiger partial charge in [-0.2, -0.15) is 0 Å². The maximum Gasteiger partial charge on any atom is 0.189 e. The highest BCUT2D eigenvalue weighted by Gasteiger charge is 2.52. The first-order valence-corrected chi connectivity index (χ1v) is 12.9. The van der Waals surface area contributed by atoms with Gasteiger partial charge in [-0.1, -0.05) is 0 Å². The van der Waals surface area contributed by atoms with Crippen LogP contribution in [0.3, 0.4) is 0 Å². The first-order chi connectivity index (χ1) is 16.3. The largest absolute Gasteiger partial charge is 0.399 e. The van der Waals surface area contributed by atoms with Crippen molar-refractivity contribution < 1.29 is 17.5 Å². The van der Waals surface area contributed by atoms with Crippen LogP contribution < -0.4 is 10.6 Å². The van der Waals surface area contributed by atoms with Crippen LogP contribution >= 0.6 is 0 Å². The molecule has 2 heterocycles. The van der Waals surface area contributed by atoms with Gasteiger partial charge in [0, 0.05) is 23.9 Å². The number of aromatic nitrogens is 2. The lowest BCUT2D eigenvalue weighted by Gasteiger charge is -2.41. The number of halogens is 1. The van der Waals surface area contributed by atoms with Gasteiger partial charge >= 0.3 is 0 Å². The quantitative estimate of drug-likeness (QED) is 0.434. The third kappa shape index (κ3) is 3.82. The molecule has 3 aromatic rings. The number of nitrogens with zero attached hydrogens (tertiary/aromatic N) is 3. The molecule has 2 N–H and O–H groups in total. The van der Waals surface area contributed by atoms with Crippen molar-refractivity contribution in [3.05, 3.63) is 66.1 Å². The predicted octanol–water partition coefficient (Wildman–Crippen LogP) is 3.94. The van der Waals surface area contributed by atoms with Crippen molar-refractivity contribution in [2.24, 2.45) is 0 Å². The van der Waals surface area contributed by atoms with Gasteiger partial charge in [0.2, 0.25) is 0 Å². The lowest BCUT2D eigenvalue weighted by molar-refractivity contribution is 0.0985. The van der Waals surface area contributed by atoms with Crippen LogP contribution in [-0.2, 0) is 19.3 Å². The molecule has 0 amide bonds. The zero-order chi connectivity index (χ0) is 23.9. The monoisotopic (exact) mass is 482 g/mol. The van der Waals surface area contributed by atoms with Crippen LogP contribution in [0.4, 0.5) is 15.9 Å². The number of hydrogen-bond acceptors (Lipinski definition) is 7. The maximum absolute atomic E-state index is 13.9. The molecule has 1 aliphatic heterocycles. The number of nitrogens with two attached hydrogens (primary N) is 1. The Hall–Kier alpha value is -3.04. The maximum atomic E-state index is 13.9. The van der Waals surface area contributed by atoms with E-state index in [1.165, 1.54) is 24.3 Å². The summed E-state index contributed by atoms with van der Waals surface area (Å²) in [6.07, 6.45) is 1.66. The van der Waals surface area contributed by atoms with Crippen LogP contribution in [0.15, 0.2) is 59.5 Å². The van der Waals surface area contributed by atoms with E-state index in [0.29, 0.717) is 55.6 Å². The summed E-state index contributed by atoms with van der Waals surface area (Å²) in [5.41, 5.74) is 7.71. The molecule has 1 atom stereocenters. The number of nitrogen functional groups attached to an aromatic ring is 1. The Labute approximate surface area is 198 Å². The highest BCUT2D eigenvalue weighted by Crippen LogP contribution is 2.51. The predicted molar refractivity (Wildman–Crippen MR) is 129 cm³/mol. The molecule has 34 heavy (non-hydrogen) atoms. The molecule has 9 heteroatoms. The zero-order valence-electron chi connectivity index (χ0n) is 18.9. The number of sulfone groups is 1. The molecule has 0 radical (unpaired) electrons. The summed E-state index contributed by atoms with van der Waals surface area (Å²) in [5.74, 6) is 0.651. The smallest absolute Gasteiger partial charge is 0.189 e. The van der Waals surface area contributed by atoms with Crippen molar-refractivity contribution in [2.75, 3.05) is 30.4 Å². The van der Waals surface area contributed by atoms with Gasteiger partial charge in [-0.05, 0) is 74.7 Å².